The maximum atomic E-state index is 11.1. The summed E-state index contributed by atoms with van der Waals surface area (Å²) in [4.78, 5) is 22.1. The van der Waals surface area contributed by atoms with E-state index in [4.69, 9.17) is 38.4 Å². The van der Waals surface area contributed by atoms with Crippen molar-refractivity contribution >= 4 is 63.8 Å². The lowest BCUT2D eigenvalue weighted by Gasteiger charge is -2.08. The molecule has 2 N–H and O–H groups in total. The first-order valence-electron chi connectivity index (χ1n) is 8.79. The summed E-state index contributed by atoms with van der Waals surface area (Å²) < 4.78 is 20.1. The number of anilines is 1. The first kappa shape index (κ1) is 26.1. The molecule has 0 unspecified atom stereocenters. The highest BCUT2D eigenvalue weighted by Gasteiger charge is 2.11. The van der Waals surface area contributed by atoms with Gasteiger partial charge < -0.3 is 24.7 Å². The highest BCUT2D eigenvalue weighted by atomic mass is 127. The van der Waals surface area contributed by atoms with Gasteiger partial charge in [0.05, 0.1) is 28.9 Å². The third-order valence-corrected chi connectivity index (χ3v) is 5.27. The molecule has 0 aliphatic heterocycles. The summed E-state index contributed by atoms with van der Waals surface area (Å²) in [5.41, 5.74) is 7.46. The number of halogens is 3. The fraction of sp³-hybridized carbons (Fsp3) is 0.300. The third kappa shape index (κ3) is 8.45. The molecule has 2 aromatic rings. The molecule has 0 radical (unpaired) electrons. The molecule has 10 heteroatoms. The minimum atomic E-state index is -0.748. The van der Waals surface area contributed by atoms with Crippen molar-refractivity contribution in [2.24, 2.45) is 0 Å². The second-order valence-corrected chi connectivity index (χ2v) is 7.72. The molecule has 0 atom stereocenters. The summed E-state index contributed by atoms with van der Waals surface area (Å²) in [5.74, 6) is 0.831. The normalized spacial score (nSPS) is 9.83. The van der Waals surface area contributed by atoms with Gasteiger partial charge >= 0.3 is 12.3 Å². The average Bonchev–Trinajstić information content (AvgIpc) is 2.65. The lowest BCUT2D eigenvalue weighted by molar-refractivity contribution is 0.103. The van der Waals surface area contributed by atoms with Crippen molar-refractivity contribution in [1.82, 2.24) is 0 Å². The molecule has 0 aliphatic carbocycles. The van der Waals surface area contributed by atoms with E-state index < -0.39 is 12.3 Å². The van der Waals surface area contributed by atoms with Crippen LogP contribution < -0.4 is 15.2 Å². The number of nitrogen functional groups attached to an aromatic ring is 1. The number of benzene rings is 2. The van der Waals surface area contributed by atoms with Crippen LogP contribution in [-0.4, -0.2) is 25.5 Å². The number of rotatable bonds is 4. The smallest absolute Gasteiger partial charge is 0.434 e. The van der Waals surface area contributed by atoms with Gasteiger partial charge in [-0.05, 0) is 79.6 Å². The fourth-order valence-corrected chi connectivity index (χ4v) is 2.87. The van der Waals surface area contributed by atoms with Crippen LogP contribution >= 0.6 is 45.8 Å². The molecule has 7 nitrogen and oxygen atoms in total. The van der Waals surface area contributed by atoms with Crippen LogP contribution in [0.4, 0.5) is 15.3 Å². The van der Waals surface area contributed by atoms with Crippen LogP contribution in [0.3, 0.4) is 0 Å². The SMILES string of the molecule is CCOC(=O)Oc1cc(I)c(Cl)cc1C.CCOC(=O)Oc1cc(N)c(Cl)cc1C. The molecule has 0 amide bonds. The van der Waals surface area contributed by atoms with E-state index in [2.05, 4.69) is 32.1 Å². The van der Waals surface area contributed by atoms with Crippen molar-refractivity contribution in [2.75, 3.05) is 18.9 Å². The summed E-state index contributed by atoms with van der Waals surface area (Å²) in [6, 6.07) is 6.58. The minimum absolute atomic E-state index is 0.265. The summed E-state index contributed by atoms with van der Waals surface area (Å²) in [7, 11) is 0. The Bertz CT molecular complexity index is 834. The predicted octanol–water partition coefficient (Wildman–Crippen LogP) is 6.55. The van der Waals surface area contributed by atoms with E-state index in [0.717, 1.165) is 14.7 Å². The van der Waals surface area contributed by atoms with Gasteiger partial charge in [0.15, 0.2) is 0 Å². The van der Waals surface area contributed by atoms with Crippen molar-refractivity contribution < 1.29 is 28.5 Å². The van der Waals surface area contributed by atoms with E-state index in [1.165, 1.54) is 6.07 Å². The Kier molecular flexibility index (Phi) is 11.1. The highest BCUT2D eigenvalue weighted by Crippen LogP contribution is 2.29. The Morgan fingerprint density at radius 3 is 1.77 bits per heavy atom. The number of carbonyl (C=O) groups excluding carboxylic acids is 2. The van der Waals surface area contributed by atoms with E-state index in [0.29, 0.717) is 33.8 Å². The van der Waals surface area contributed by atoms with Gasteiger partial charge in [0.2, 0.25) is 0 Å². The molecule has 0 fully saturated rings. The molecule has 0 saturated heterocycles. The molecular formula is C20H22Cl2INO6. The fourth-order valence-electron chi connectivity index (χ4n) is 1.99. The van der Waals surface area contributed by atoms with Crippen LogP contribution in [0, 0.1) is 17.4 Å². The van der Waals surface area contributed by atoms with Crippen LogP contribution in [0.1, 0.15) is 25.0 Å². The summed E-state index contributed by atoms with van der Waals surface area (Å²) in [6.07, 6.45) is -1.44. The summed E-state index contributed by atoms with van der Waals surface area (Å²) >= 11 is 13.8. The molecule has 2 rings (SSSR count). The van der Waals surface area contributed by atoms with Gasteiger partial charge in [0.1, 0.15) is 11.5 Å². The van der Waals surface area contributed by atoms with Crippen molar-refractivity contribution in [1.29, 1.82) is 0 Å². The Morgan fingerprint density at radius 1 is 0.867 bits per heavy atom. The number of aryl methyl sites for hydroxylation is 2. The van der Waals surface area contributed by atoms with Gasteiger partial charge in [-0.25, -0.2) is 9.59 Å². The van der Waals surface area contributed by atoms with Gasteiger partial charge in [-0.15, -0.1) is 0 Å². The van der Waals surface area contributed by atoms with E-state index in [1.807, 2.05) is 6.92 Å². The van der Waals surface area contributed by atoms with Crippen LogP contribution in [-0.2, 0) is 9.47 Å². The first-order chi connectivity index (χ1) is 14.1. The van der Waals surface area contributed by atoms with Gasteiger partial charge in [-0.3, -0.25) is 0 Å². The van der Waals surface area contributed by atoms with Gasteiger partial charge in [-0.2, -0.15) is 0 Å². The zero-order chi connectivity index (χ0) is 22.8. The molecule has 2 aromatic carbocycles. The highest BCUT2D eigenvalue weighted by molar-refractivity contribution is 14.1. The zero-order valence-corrected chi connectivity index (χ0v) is 20.6. The molecule has 0 bridgehead atoms. The lowest BCUT2D eigenvalue weighted by Crippen LogP contribution is -2.11. The third-order valence-electron chi connectivity index (χ3n) is 3.42. The standard InChI is InChI=1S/C10H10ClIO3.C10H12ClNO3/c2*1-3-14-10(13)15-9-5-8(12)7(11)4-6(9)2/h4-5H,3H2,1-2H3;4-5H,3,12H2,1-2H3. The molecule has 164 valence electrons. The van der Waals surface area contributed by atoms with E-state index in [1.54, 1.807) is 39.0 Å². The molecule has 0 spiro atoms. The number of ether oxygens (including phenoxy) is 4. The molecular weight excluding hydrogens is 548 g/mol. The zero-order valence-electron chi connectivity index (χ0n) is 16.9. The van der Waals surface area contributed by atoms with E-state index in [9.17, 15) is 9.59 Å². The molecule has 0 saturated carbocycles. The first-order valence-corrected chi connectivity index (χ1v) is 10.6. The number of hydrogen-bond acceptors (Lipinski definition) is 7. The second kappa shape index (κ2) is 12.7. The Labute approximate surface area is 198 Å². The maximum absolute atomic E-state index is 11.1. The molecule has 0 aromatic heterocycles. The number of nitrogens with two attached hydrogens (primary N) is 1. The number of hydrogen-bond donors (Lipinski definition) is 1. The van der Waals surface area contributed by atoms with Crippen LogP contribution in [0.2, 0.25) is 10.0 Å². The average molecular weight is 570 g/mol. The van der Waals surface area contributed by atoms with Crippen molar-refractivity contribution in [3.63, 3.8) is 0 Å². The second-order valence-electron chi connectivity index (χ2n) is 5.74. The Balaban J connectivity index is 0.000000300. The largest absolute Gasteiger partial charge is 0.513 e. The van der Waals surface area contributed by atoms with Crippen molar-refractivity contribution in [2.45, 2.75) is 27.7 Å². The minimum Gasteiger partial charge on any atom is -0.434 e. The van der Waals surface area contributed by atoms with E-state index in [-0.39, 0.29) is 6.61 Å². The van der Waals surface area contributed by atoms with Crippen molar-refractivity contribution in [3.8, 4) is 11.5 Å². The summed E-state index contributed by atoms with van der Waals surface area (Å²) in [5, 5.41) is 1.08. The topological polar surface area (TPSA) is 97.1 Å². The van der Waals surface area contributed by atoms with Crippen LogP contribution in [0.5, 0.6) is 11.5 Å². The predicted molar refractivity (Wildman–Crippen MR) is 125 cm³/mol. The maximum Gasteiger partial charge on any atom is 0.513 e. The van der Waals surface area contributed by atoms with E-state index >= 15 is 0 Å². The molecule has 30 heavy (non-hydrogen) atoms. The van der Waals surface area contributed by atoms with Crippen LogP contribution in [0.25, 0.3) is 0 Å². The summed E-state index contributed by atoms with van der Waals surface area (Å²) in [6.45, 7) is 7.56. The monoisotopic (exact) mass is 569 g/mol. The Hall–Kier alpha value is -1.91. The molecule has 0 heterocycles. The van der Waals surface area contributed by atoms with Gasteiger partial charge in [0.25, 0.3) is 0 Å². The molecule has 0 aliphatic rings. The van der Waals surface area contributed by atoms with Gasteiger partial charge in [-0.1, -0.05) is 23.2 Å². The quantitative estimate of drug-likeness (QED) is 0.193. The van der Waals surface area contributed by atoms with Crippen LogP contribution in [0.15, 0.2) is 24.3 Å². The van der Waals surface area contributed by atoms with Crippen molar-refractivity contribution in [3.05, 3.63) is 49.0 Å². The van der Waals surface area contributed by atoms with Gasteiger partial charge in [0, 0.05) is 9.64 Å². The lowest BCUT2D eigenvalue weighted by atomic mass is 10.2. The Morgan fingerprint density at radius 2 is 1.30 bits per heavy atom. The number of carbonyl (C=O) groups is 2.